The average Bonchev–Trinajstić information content (AvgIpc) is 3.44. The Kier molecular flexibility index (Phi) is 7.02. The molecule has 1 aliphatic rings. The predicted octanol–water partition coefficient (Wildman–Crippen LogP) is 7.04. The number of rotatable bonds is 7. The number of carbonyl (C=O) groups excluding carboxylic acids is 1. The van der Waals surface area contributed by atoms with Crippen LogP contribution in [0.1, 0.15) is 24.5 Å². The van der Waals surface area contributed by atoms with Gasteiger partial charge in [-0.05, 0) is 68.0 Å². The first-order valence-electron chi connectivity index (χ1n) is 11.8. The minimum Gasteiger partial charge on any atom is -0.494 e. The molecular formula is C29H25N3O2S2. The molecule has 4 aromatic rings. The summed E-state index contributed by atoms with van der Waals surface area (Å²) in [6, 6.07) is 25.6. The Balaban J connectivity index is 1.53. The second-order valence-corrected chi connectivity index (χ2v) is 10.1. The standard InChI is InChI=1S/C29H25N3O2S2/c1-3-17-34-25-15-11-21(12-16-25)27-22(19-31(30-27)23-7-5-4-6-8-23)18-26-28(33)32(29(35)36-26)24-13-9-20(2)10-14-24/h4-16,18-19H,3,17H2,1-2H3/b26-18+. The molecule has 1 fully saturated rings. The van der Waals surface area contributed by atoms with Crippen LogP contribution in [-0.2, 0) is 4.79 Å². The molecule has 1 amide bonds. The van der Waals surface area contributed by atoms with Crippen molar-refractivity contribution in [1.29, 1.82) is 0 Å². The third-order valence-corrected chi connectivity index (χ3v) is 7.04. The normalized spacial score (nSPS) is 14.6. The molecule has 1 aliphatic heterocycles. The van der Waals surface area contributed by atoms with Gasteiger partial charge in [0.05, 0.1) is 28.6 Å². The molecule has 1 saturated heterocycles. The first kappa shape index (κ1) is 24.0. The number of hydrogen-bond acceptors (Lipinski definition) is 5. The van der Waals surface area contributed by atoms with E-state index >= 15 is 0 Å². The van der Waals surface area contributed by atoms with E-state index < -0.39 is 0 Å². The van der Waals surface area contributed by atoms with Gasteiger partial charge in [0.1, 0.15) is 5.75 Å². The van der Waals surface area contributed by atoms with E-state index in [1.807, 2.05) is 103 Å². The van der Waals surface area contributed by atoms with Crippen LogP contribution in [0.25, 0.3) is 23.0 Å². The van der Waals surface area contributed by atoms with Crippen molar-refractivity contribution < 1.29 is 9.53 Å². The third-order valence-electron chi connectivity index (χ3n) is 5.74. The van der Waals surface area contributed by atoms with Crippen LogP contribution in [0.3, 0.4) is 0 Å². The fourth-order valence-electron chi connectivity index (χ4n) is 3.88. The lowest BCUT2D eigenvalue weighted by atomic mass is 10.1. The third kappa shape index (κ3) is 4.98. The SMILES string of the molecule is CCCOc1ccc(-c2nn(-c3ccccc3)cc2/C=C2/SC(=S)N(c3ccc(C)cc3)C2=O)cc1. The van der Waals surface area contributed by atoms with Gasteiger partial charge in [0, 0.05) is 17.3 Å². The Hall–Kier alpha value is -3.68. The number of anilines is 1. The van der Waals surface area contributed by atoms with E-state index in [2.05, 4.69) is 6.92 Å². The summed E-state index contributed by atoms with van der Waals surface area (Å²) in [6.07, 6.45) is 4.79. The summed E-state index contributed by atoms with van der Waals surface area (Å²) in [7, 11) is 0. The maximum atomic E-state index is 13.4. The molecule has 7 heteroatoms. The summed E-state index contributed by atoms with van der Waals surface area (Å²) in [5.41, 5.74) is 5.40. The highest BCUT2D eigenvalue weighted by Gasteiger charge is 2.33. The minimum absolute atomic E-state index is 0.129. The molecule has 5 nitrogen and oxygen atoms in total. The predicted molar refractivity (Wildman–Crippen MR) is 152 cm³/mol. The van der Waals surface area contributed by atoms with Gasteiger partial charge in [-0.2, -0.15) is 5.10 Å². The zero-order valence-corrected chi connectivity index (χ0v) is 21.7. The summed E-state index contributed by atoms with van der Waals surface area (Å²) in [4.78, 5) is 15.5. The lowest BCUT2D eigenvalue weighted by molar-refractivity contribution is -0.113. The quantitative estimate of drug-likeness (QED) is 0.197. The van der Waals surface area contributed by atoms with Gasteiger partial charge >= 0.3 is 0 Å². The van der Waals surface area contributed by atoms with Gasteiger partial charge in [0.15, 0.2) is 4.32 Å². The second kappa shape index (κ2) is 10.5. The van der Waals surface area contributed by atoms with Crippen LogP contribution in [0.4, 0.5) is 5.69 Å². The molecule has 1 aromatic heterocycles. The first-order chi connectivity index (χ1) is 17.5. The van der Waals surface area contributed by atoms with E-state index in [4.69, 9.17) is 22.1 Å². The Morgan fingerprint density at radius 3 is 2.39 bits per heavy atom. The van der Waals surface area contributed by atoms with Crippen LogP contribution in [0.2, 0.25) is 0 Å². The monoisotopic (exact) mass is 511 g/mol. The Bertz CT molecular complexity index is 1430. The minimum atomic E-state index is -0.129. The number of amides is 1. The molecule has 0 unspecified atom stereocenters. The smallest absolute Gasteiger partial charge is 0.270 e. The maximum absolute atomic E-state index is 13.4. The van der Waals surface area contributed by atoms with Crippen molar-refractivity contribution in [3.05, 3.63) is 101 Å². The number of ether oxygens (including phenoxy) is 1. The Morgan fingerprint density at radius 2 is 1.69 bits per heavy atom. The van der Waals surface area contributed by atoms with E-state index in [9.17, 15) is 4.79 Å². The summed E-state index contributed by atoms with van der Waals surface area (Å²) in [6.45, 7) is 4.77. The van der Waals surface area contributed by atoms with Gasteiger partial charge in [-0.15, -0.1) is 0 Å². The largest absolute Gasteiger partial charge is 0.494 e. The molecule has 180 valence electrons. The van der Waals surface area contributed by atoms with Crippen molar-refractivity contribution in [2.75, 3.05) is 11.5 Å². The van der Waals surface area contributed by atoms with Gasteiger partial charge in [0.25, 0.3) is 5.91 Å². The van der Waals surface area contributed by atoms with E-state index in [-0.39, 0.29) is 5.91 Å². The number of thioether (sulfide) groups is 1. The van der Waals surface area contributed by atoms with Crippen LogP contribution >= 0.6 is 24.0 Å². The lowest BCUT2D eigenvalue weighted by Gasteiger charge is -2.14. The highest BCUT2D eigenvalue weighted by atomic mass is 32.2. The molecule has 0 bridgehead atoms. The zero-order chi connectivity index (χ0) is 25.1. The van der Waals surface area contributed by atoms with Crippen LogP contribution in [0, 0.1) is 6.92 Å². The van der Waals surface area contributed by atoms with Crippen molar-refractivity contribution in [1.82, 2.24) is 9.78 Å². The highest BCUT2D eigenvalue weighted by molar-refractivity contribution is 8.27. The summed E-state index contributed by atoms with van der Waals surface area (Å²) in [5, 5.41) is 4.88. The Morgan fingerprint density at radius 1 is 0.972 bits per heavy atom. The number of thiocarbonyl (C=S) groups is 1. The number of benzene rings is 3. The summed E-state index contributed by atoms with van der Waals surface area (Å²) >= 11 is 6.88. The van der Waals surface area contributed by atoms with Crippen LogP contribution < -0.4 is 9.64 Å². The topological polar surface area (TPSA) is 47.4 Å². The number of para-hydroxylation sites is 1. The van der Waals surface area contributed by atoms with E-state index in [0.29, 0.717) is 15.8 Å². The number of nitrogens with zero attached hydrogens (tertiary/aromatic N) is 3. The van der Waals surface area contributed by atoms with Gasteiger partial charge in [-0.25, -0.2) is 4.68 Å². The molecular weight excluding hydrogens is 486 g/mol. The summed E-state index contributed by atoms with van der Waals surface area (Å²) < 4.78 is 8.09. The van der Waals surface area contributed by atoms with E-state index in [1.54, 1.807) is 4.90 Å². The molecule has 0 saturated carbocycles. The van der Waals surface area contributed by atoms with Crippen molar-refractivity contribution in [3.63, 3.8) is 0 Å². The first-order valence-corrected chi connectivity index (χ1v) is 13.0. The van der Waals surface area contributed by atoms with Gasteiger partial charge in [-0.3, -0.25) is 9.69 Å². The van der Waals surface area contributed by atoms with Crippen molar-refractivity contribution >= 4 is 46.0 Å². The van der Waals surface area contributed by atoms with Crippen LogP contribution in [0.15, 0.2) is 90.0 Å². The fraction of sp³-hybridized carbons (Fsp3) is 0.138. The highest BCUT2D eigenvalue weighted by Crippen LogP contribution is 2.37. The molecule has 0 N–H and O–H groups in total. The van der Waals surface area contributed by atoms with Gasteiger partial charge in [0.2, 0.25) is 0 Å². The number of aryl methyl sites for hydroxylation is 1. The van der Waals surface area contributed by atoms with Gasteiger partial charge in [-0.1, -0.05) is 66.8 Å². The Labute approximate surface area is 220 Å². The van der Waals surface area contributed by atoms with E-state index in [0.717, 1.165) is 45.9 Å². The molecule has 0 aliphatic carbocycles. The van der Waals surface area contributed by atoms with Crippen LogP contribution in [0.5, 0.6) is 5.75 Å². The molecule has 0 spiro atoms. The maximum Gasteiger partial charge on any atom is 0.270 e. The van der Waals surface area contributed by atoms with Crippen molar-refractivity contribution in [2.45, 2.75) is 20.3 Å². The van der Waals surface area contributed by atoms with Crippen LogP contribution in [-0.4, -0.2) is 26.6 Å². The second-order valence-electron chi connectivity index (χ2n) is 8.44. The number of carbonyl (C=O) groups is 1. The number of aromatic nitrogens is 2. The lowest BCUT2D eigenvalue weighted by Crippen LogP contribution is -2.27. The van der Waals surface area contributed by atoms with Gasteiger partial charge < -0.3 is 4.74 Å². The van der Waals surface area contributed by atoms with Crippen molar-refractivity contribution in [3.8, 4) is 22.7 Å². The average molecular weight is 512 g/mol. The van der Waals surface area contributed by atoms with Crippen molar-refractivity contribution in [2.24, 2.45) is 0 Å². The molecule has 3 aromatic carbocycles. The molecule has 5 rings (SSSR count). The fourth-order valence-corrected chi connectivity index (χ4v) is 5.17. The molecule has 36 heavy (non-hydrogen) atoms. The molecule has 2 heterocycles. The zero-order valence-electron chi connectivity index (χ0n) is 20.0. The number of hydrogen-bond donors (Lipinski definition) is 0. The van der Waals surface area contributed by atoms with E-state index in [1.165, 1.54) is 11.8 Å². The summed E-state index contributed by atoms with van der Waals surface area (Å²) in [5.74, 6) is 0.694. The molecule has 0 radical (unpaired) electrons. The molecule has 0 atom stereocenters.